The molecule has 0 spiro atoms. The fraction of sp³-hybridized carbons (Fsp3) is 0.562. The Morgan fingerprint density at radius 3 is 2.36 bits per heavy atom. The second-order valence-electron chi connectivity index (χ2n) is 6.09. The first-order valence-corrected chi connectivity index (χ1v) is 9.37. The third-order valence-electron chi connectivity index (χ3n) is 3.16. The molecule has 1 aromatic rings. The lowest BCUT2D eigenvalue weighted by Crippen LogP contribution is -2.40. The second-order valence-corrected chi connectivity index (χ2v) is 7.86. The van der Waals surface area contributed by atoms with Crippen molar-refractivity contribution in [2.75, 3.05) is 20.3 Å². The van der Waals surface area contributed by atoms with Crippen LogP contribution < -0.4 is 15.8 Å². The number of aliphatic imine (C=N–C) groups is 1. The van der Waals surface area contributed by atoms with E-state index in [0.29, 0.717) is 25.7 Å². The van der Waals surface area contributed by atoms with Crippen LogP contribution >= 0.6 is 24.0 Å². The number of sulfonamides is 1. The lowest BCUT2D eigenvalue weighted by molar-refractivity contribution is 0.179. The number of hydrogen-bond acceptors (Lipinski definition) is 4. The predicted molar refractivity (Wildman–Crippen MR) is 112 cm³/mol. The summed E-state index contributed by atoms with van der Waals surface area (Å²) in [5.41, 5.74) is 6.67. The molecule has 0 saturated carbocycles. The van der Waals surface area contributed by atoms with E-state index in [4.69, 9.17) is 10.5 Å². The smallest absolute Gasteiger partial charge is 0.240 e. The molecule has 0 saturated heterocycles. The number of nitrogens with two attached hydrogens (primary N) is 1. The van der Waals surface area contributed by atoms with Crippen LogP contribution in [0, 0.1) is 5.92 Å². The van der Waals surface area contributed by atoms with Gasteiger partial charge in [0.2, 0.25) is 10.0 Å². The molecule has 0 radical (unpaired) electrons. The van der Waals surface area contributed by atoms with Crippen LogP contribution in [-0.2, 0) is 21.3 Å². The number of nitrogens with one attached hydrogen (secondary N) is 2. The van der Waals surface area contributed by atoms with E-state index in [9.17, 15) is 8.42 Å². The van der Waals surface area contributed by atoms with E-state index in [0.717, 1.165) is 5.56 Å². The quantitative estimate of drug-likeness (QED) is 0.281. The van der Waals surface area contributed by atoms with Gasteiger partial charge in [0, 0.05) is 19.7 Å². The average Bonchev–Trinajstić information content (AvgIpc) is 2.52. The largest absolute Gasteiger partial charge is 0.383 e. The Hall–Kier alpha value is -0.910. The van der Waals surface area contributed by atoms with Crippen LogP contribution in [0.2, 0.25) is 0 Å². The fourth-order valence-electron chi connectivity index (χ4n) is 1.90. The van der Waals surface area contributed by atoms with E-state index >= 15 is 0 Å². The van der Waals surface area contributed by atoms with Crippen molar-refractivity contribution in [3.05, 3.63) is 29.8 Å². The highest BCUT2D eigenvalue weighted by atomic mass is 127. The van der Waals surface area contributed by atoms with E-state index in [2.05, 4.69) is 15.0 Å². The molecule has 1 unspecified atom stereocenters. The zero-order valence-corrected chi connectivity index (χ0v) is 18.3. The van der Waals surface area contributed by atoms with Crippen molar-refractivity contribution in [3.8, 4) is 0 Å². The first kappa shape index (κ1) is 24.1. The molecule has 0 heterocycles. The van der Waals surface area contributed by atoms with Crippen molar-refractivity contribution in [3.63, 3.8) is 0 Å². The third-order valence-corrected chi connectivity index (χ3v) is 4.60. The monoisotopic (exact) mass is 484 g/mol. The minimum Gasteiger partial charge on any atom is -0.383 e. The number of benzene rings is 1. The molecule has 1 rings (SSSR count). The van der Waals surface area contributed by atoms with Gasteiger partial charge in [-0.3, -0.25) is 0 Å². The third kappa shape index (κ3) is 9.38. The summed E-state index contributed by atoms with van der Waals surface area (Å²) >= 11 is 0. The van der Waals surface area contributed by atoms with Crippen LogP contribution in [0.4, 0.5) is 0 Å². The molecule has 144 valence electrons. The van der Waals surface area contributed by atoms with Crippen molar-refractivity contribution in [1.29, 1.82) is 0 Å². The van der Waals surface area contributed by atoms with Gasteiger partial charge < -0.3 is 15.8 Å². The molecule has 4 N–H and O–H groups in total. The Balaban J connectivity index is 0.00000576. The van der Waals surface area contributed by atoms with E-state index in [-0.39, 0.29) is 40.8 Å². The molecular formula is C16H29IN4O3S. The number of rotatable bonds is 9. The summed E-state index contributed by atoms with van der Waals surface area (Å²) in [6, 6.07) is 6.69. The Labute approximate surface area is 167 Å². The van der Waals surface area contributed by atoms with Crippen molar-refractivity contribution in [2.24, 2.45) is 16.6 Å². The summed E-state index contributed by atoms with van der Waals surface area (Å²) in [6.45, 7) is 7.17. The fourth-order valence-corrected chi connectivity index (χ4v) is 3.11. The molecule has 0 aliphatic heterocycles. The van der Waals surface area contributed by atoms with Gasteiger partial charge in [-0.1, -0.05) is 26.0 Å². The van der Waals surface area contributed by atoms with Gasteiger partial charge in [0.05, 0.1) is 18.0 Å². The van der Waals surface area contributed by atoms with Crippen molar-refractivity contribution < 1.29 is 13.2 Å². The Morgan fingerprint density at radius 1 is 1.24 bits per heavy atom. The zero-order chi connectivity index (χ0) is 18.2. The van der Waals surface area contributed by atoms with Crippen LogP contribution in [0.25, 0.3) is 0 Å². The molecular weight excluding hydrogens is 455 g/mol. The van der Waals surface area contributed by atoms with E-state index < -0.39 is 10.0 Å². The lowest BCUT2D eigenvalue weighted by atomic mass is 10.2. The molecule has 25 heavy (non-hydrogen) atoms. The van der Waals surface area contributed by atoms with Crippen LogP contribution in [0.15, 0.2) is 34.2 Å². The molecule has 0 fully saturated rings. The molecule has 0 aromatic heterocycles. The Kier molecular flexibility index (Phi) is 11.2. The van der Waals surface area contributed by atoms with Gasteiger partial charge in [-0.05, 0) is 30.5 Å². The lowest BCUT2D eigenvalue weighted by Gasteiger charge is -2.13. The maximum atomic E-state index is 12.1. The summed E-state index contributed by atoms with van der Waals surface area (Å²) in [6.07, 6.45) is 0. The molecule has 1 aromatic carbocycles. The number of methoxy groups -OCH3 is 1. The van der Waals surface area contributed by atoms with E-state index in [1.165, 1.54) is 0 Å². The number of nitrogens with zero attached hydrogens (tertiary/aromatic N) is 1. The zero-order valence-electron chi connectivity index (χ0n) is 15.2. The summed E-state index contributed by atoms with van der Waals surface area (Å²) < 4.78 is 31.8. The van der Waals surface area contributed by atoms with Gasteiger partial charge in [0.15, 0.2) is 5.96 Å². The van der Waals surface area contributed by atoms with E-state index in [1.54, 1.807) is 31.4 Å². The molecule has 0 bridgehead atoms. The van der Waals surface area contributed by atoms with Gasteiger partial charge in [-0.15, -0.1) is 24.0 Å². The predicted octanol–water partition coefficient (Wildman–Crippen LogP) is 1.68. The van der Waals surface area contributed by atoms with Crippen LogP contribution in [0.3, 0.4) is 0 Å². The maximum absolute atomic E-state index is 12.1. The highest BCUT2D eigenvalue weighted by Gasteiger charge is 2.13. The SMILES string of the molecule is COCC(C)NC(N)=NCc1ccc(S(=O)(=O)NCC(C)C)cc1.I. The Morgan fingerprint density at radius 2 is 1.84 bits per heavy atom. The molecule has 1 atom stereocenters. The normalized spacial score (nSPS) is 13.4. The first-order chi connectivity index (χ1) is 11.2. The van der Waals surface area contributed by atoms with Crippen molar-refractivity contribution in [2.45, 2.75) is 38.3 Å². The Bertz CT molecular complexity index is 633. The van der Waals surface area contributed by atoms with Gasteiger partial charge in [0.25, 0.3) is 0 Å². The van der Waals surface area contributed by atoms with Crippen molar-refractivity contribution in [1.82, 2.24) is 10.0 Å². The molecule has 0 aliphatic rings. The minimum absolute atomic E-state index is 0. The standard InChI is InChI=1S/C16H28N4O3S.HI/c1-12(2)9-19-24(21,22)15-7-5-14(6-8-15)10-18-16(17)20-13(3)11-23-4;/h5-8,12-13,19H,9-11H2,1-4H3,(H3,17,18,20);1H. The van der Waals surface area contributed by atoms with Crippen LogP contribution in [-0.4, -0.2) is 40.7 Å². The van der Waals surface area contributed by atoms with Gasteiger partial charge in [-0.25, -0.2) is 18.1 Å². The molecule has 7 nitrogen and oxygen atoms in total. The number of ether oxygens (including phenoxy) is 1. The highest BCUT2D eigenvalue weighted by molar-refractivity contribution is 14.0. The van der Waals surface area contributed by atoms with Gasteiger partial charge in [-0.2, -0.15) is 0 Å². The molecule has 0 aliphatic carbocycles. The summed E-state index contributed by atoms with van der Waals surface area (Å²) in [5.74, 6) is 0.583. The van der Waals surface area contributed by atoms with Gasteiger partial charge in [0.1, 0.15) is 0 Å². The maximum Gasteiger partial charge on any atom is 0.240 e. The van der Waals surface area contributed by atoms with E-state index in [1.807, 2.05) is 20.8 Å². The average molecular weight is 484 g/mol. The second kappa shape index (κ2) is 11.7. The van der Waals surface area contributed by atoms with Crippen LogP contribution in [0.1, 0.15) is 26.3 Å². The number of hydrogen-bond donors (Lipinski definition) is 3. The van der Waals surface area contributed by atoms with Crippen molar-refractivity contribution >= 4 is 40.0 Å². The summed E-state index contributed by atoms with van der Waals surface area (Å²) in [5, 5.41) is 3.01. The molecule has 0 amide bonds. The summed E-state index contributed by atoms with van der Waals surface area (Å²) in [4.78, 5) is 4.48. The summed E-state index contributed by atoms with van der Waals surface area (Å²) in [7, 11) is -1.84. The molecule has 9 heteroatoms. The topological polar surface area (TPSA) is 106 Å². The van der Waals surface area contributed by atoms with Crippen LogP contribution in [0.5, 0.6) is 0 Å². The first-order valence-electron chi connectivity index (χ1n) is 7.88. The number of halogens is 1. The minimum atomic E-state index is -3.46. The number of guanidine groups is 1. The van der Waals surface area contributed by atoms with Gasteiger partial charge >= 0.3 is 0 Å². The highest BCUT2D eigenvalue weighted by Crippen LogP contribution is 2.11.